The number of Topliss-reactive ketones (excluding diaryl/α,β-unsaturated/α-hetero) is 1. The molecule has 2 heterocycles. The summed E-state index contributed by atoms with van der Waals surface area (Å²) in [6.07, 6.45) is 1.34. The molecule has 0 aliphatic carbocycles. The minimum absolute atomic E-state index is 0.00105. The number of carbonyl (C=O) groups is 2. The van der Waals surface area contributed by atoms with Crippen molar-refractivity contribution in [2.45, 2.75) is 12.5 Å². The number of aromatic carboxylic acids is 1. The van der Waals surface area contributed by atoms with Crippen LogP contribution in [0.3, 0.4) is 0 Å². The highest BCUT2D eigenvalue weighted by molar-refractivity contribution is 6.02. The quantitative estimate of drug-likeness (QED) is 0.823. The lowest BCUT2D eigenvalue weighted by Crippen LogP contribution is -2.24. The molecule has 5 nitrogen and oxygen atoms in total. The van der Waals surface area contributed by atoms with E-state index in [0.717, 1.165) is 11.3 Å². The highest BCUT2D eigenvalue weighted by atomic mass is 16.5. The third-order valence-corrected chi connectivity index (χ3v) is 3.14. The Hall–Kier alpha value is -2.56. The van der Waals surface area contributed by atoms with E-state index in [-0.39, 0.29) is 11.5 Å². The van der Waals surface area contributed by atoms with Gasteiger partial charge in [-0.05, 0) is 17.7 Å². The van der Waals surface area contributed by atoms with Gasteiger partial charge in [-0.2, -0.15) is 0 Å². The van der Waals surface area contributed by atoms with Gasteiger partial charge in [-0.15, -0.1) is 0 Å². The number of carboxylic acids is 1. The molecule has 0 saturated carbocycles. The van der Waals surface area contributed by atoms with E-state index in [2.05, 4.69) is 4.98 Å². The van der Waals surface area contributed by atoms with Gasteiger partial charge in [0.1, 0.15) is 11.4 Å². The van der Waals surface area contributed by atoms with Crippen LogP contribution in [0.5, 0.6) is 5.75 Å². The van der Waals surface area contributed by atoms with Crippen molar-refractivity contribution in [3.63, 3.8) is 0 Å². The minimum Gasteiger partial charge on any atom is -0.482 e. The van der Waals surface area contributed by atoms with E-state index in [4.69, 9.17) is 9.84 Å². The number of ether oxygens (including phenoxy) is 1. The van der Waals surface area contributed by atoms with Crippen LogP contribution in [0.25, 0.3) is 0 Å². The van der Waals surface area contributed by atoms with Crippen molar-refractivity contribution >= 4 is 11.8 Å². The standard InChI is InChI=1S/C14H11NO4/c16-13(9-5-10(14(17)18)15-7-9)12-6-8-3-1-2-4-11(8)19-12/h1-5,7,12,15H,6H2,(H,17,18). The number of carbonyl (C=O) groups excluding carboxylic acids is 1. The van der Waals surface area contributed by atoms with Crippen LogP contribution in [0, 0.1) is 0 Å². The highest BCUT2D eigenvalue weighted by Crippen LogP contribution is 2.29. The number of aromatic nitrogens is 1. The first-order valence-corrected chi connectivity index (χ1v) is 5.85. The highest BCUT2D eigenvalue weighted by Gasteiger charge is 2.30. The summed E-state index contributed by atoms with van der Waals surface area (Å²) in [6.45, 7) is 0. The molecule has 19 heavy (non-hydrogen) atoms. The monoisotopic (exact) mass is 257 g/mol. The number of benzene rings is 1. The van der Waals surface area contributed by atoms with E-state index in [1.165, 1.54) is 12.3 Å². The summed E-state index contributed by atoms with van der Waals surface area (Å²) in [5.74, 6) is -0.579. The Kier molecular flexibility index (Phi) is 2.59. The van der Waals surface area contributed by atoms with Gasteiger partial charge in [-0.1, -0.05) is 18.2 Å². The summed E-state index contributed by atoms with van der Waals surface area (Å²) in [7, 11) is 0. The number of para-hydroxylation sites is 1. The van der Waals surface area contributed by atoms with Gasteiger partial charge in [0.15, 0.2) is 6.10 Å². The molecule has 0 fully saturated rings. The Balaban J connectivity index is 1.81. The summed E-state index contributed by atoms with van der Waals surface area (Å²) in [6, 6.07) is 8.82. The predicted octanol–water partition coefficient (Wildman–Crippen LogP) is 1.90. The average Bonchev–Trinajstić information content (AvgIpc) is 3.04. The summed E-state index contributed by atoms with van der Waals surface area (Å²) in [4.78, 5) is 25.5. The van der Waals surface area contributed by atoms with Crippen molar-refractivity contribution in [2.24, 2.45) is 0 Å². The molecule has 5 heteroatoms. The smallest absolute Gasteiger partial charge is 0.352 e. The van der Waals surface area contributed by atoms with E-state index in [0.29, 0.717) is 12.0 Å². The number of ketones is 1. The number of rotatable bonds is 3. The van der Waals surface area contributed by atoms with Crippen LogP contribution in [0.4, 0.5) is 0 Å². The zero-order valence-corrected chi connectivity index (χ0v) is 9.92. The van der Waals surface area contributed by atoms with Crippen LogP contribution in [0.1, 0.15) is 26.4 Å². The summed E-state index contributed by atoms with van der Waals surface area (Å²) < 4.78 is 5.58. The molecule has 1 atom stereocenters. The number of hydrogen-bond acceptors (Lipinski definition) is 3. The van der Waals surface area contributed by atoms with Gasteiger partial charge in [0.25, 0.3) is 0 Å². The van der Waals surface area contributed by atoms with Gasteiger partial charge in [0.2, 0.25) is 5.78 Å². The van der Waals surface area contributed by atoms with Crippen LogP contribution in [-0.2, 0) is 6.42 Å². The molecule has 0 spiro atoms. The Morgan fingerprint density at radius 1 is 1.32 bits per heavy atom. The molecule has 3 rings (SSSR count). The third kappa shape index (κ3) is 1.99. The molecule has 1 aromatic heterocycles. The number of fused-ring (bicyclic) bond motifs is 1. The maximum absolute atomic E-state index is 12.2. The topological polar surface area (TPSA) is 79.4 Å². The Morgan fingerprint density at radius 3 is 2.79 bits per heavy atom. The van der Waals surface area contributed by atoms with Gasteiger partial charge >= 0.3 is 5.97 Å². The van der Waals surface area contributed by atoms with Gasteiger partial charge in [0, 0.05) is 18.2 Å². The molecule has 0 radical (unpaired) electrons. The average molecular weight is 257 g/mol. The van der Waals surface area contributed by atoms with Crippen LogP contribution < -0.4 is 4.74 Å². The molecular formula is C14H11NO4. The van der Waals surface area contributed by atoms with Gasteiger partial charge in [0.05, 0.1) is 0 Å². The third-order valence-electron chi connectivity index (χ3n) is 3.14. The maximum atomic E-state index is 12.2. The van der Waals surface area contributed by atoms with Gasteiger partial charge in [-0.3, -0.25) is 4.79 Å². The van der Waals surface area contributed by atoms with Crippen molar-refractivity contribution in [2.75, 3.05) is 0 Å². The molecule has 1 unspecified atom stereocenters. The first kappa shape index (κ1) is 11.5. The lowest BCUT2D eigenvalue weighted by Gasteiger charge is -2.07. The van der Waals surface area contributed by atoms with E-state index in [1.807, 2.05) is 24.3 Å². The fourth-order valence-electron chi connectivity index (χ4n) is 2.17. The van der Waals surface area contributed by atoms with Crippen molar-refractivity contribution < 1.29 is 19.4 Å². The Bertz CT molecular complexity index is 634. The number of nitrogens with one attached hydrogen (secondary N) is 1. The summed E-state index contributed by atoms with van der Waals surface area (Å²) in [5.41, 5.74) is 1.32. The molecular weight excluding hydrogens is 246 g/mol. The second kappa shape index (κ2) is 4.28. The number of aromatic amines is 1. The predicted molar refractivity (Wildman–Crippen MR) is 66.6 cm³/mol. The molecule has 1 aliphatic rings. The minimum atomic E-state index is -1.09. The van der Waals surface area contributed by atoms with E-state index < -0.39 is 12.1 Å². The van der Waals surface area contributed by atoms with Crippen LogP contribution in [0.2, 0.25) is 0 Å². The molecule has 2 aromatic rings. The summed E-state index contributed by atoms with van der Waals surface area (Å²) >= 11 is 0. The molecule has 2 N–H and O–H groups in total. The SMILES string of the molecule is O=C(O)c1cc(C(=O)C2Cc3ccccc3O2)c[nH]1. The largest absolute Gasteiger partial charge is 0.482 e. The molecule has 96 valence electrons. The Labute approximate surface area is 108 Å². The second-order valence-electron chi connectivity index (χ2n) is 4.39. The molecule has 0 saturated heterocycles. The van der Waals surface area contributed by atoms with Crippen molar-refractivity contribution in [3.8, 4) is 5.75 Å². The zero-order chi connectivity index (χ0) is 13.4. The number of carboxylic acid groups (broad SMARTS) is 1. The van der Waals surface area contributed by atoms with Crippen molar-refractivity contribution in [1.29, 1.82) is 0 Å². The first-order valence-electron chi connectivity index (χ1n) is 5.85. The fraction of sp³-hybridized carbons (Fsp3) is 0.143. The fourth-order valence-corrected chi connectivity index (χ4v) is 2.17. The van der Waals surface area contributed by atoms with E-state index >= 15 is 0 Å². The number of H-pyrrole nitrogens is 1. The molecule has 0 bridgehead atoms. The zero-order valence-electron chi connectivity index (χ0n) is 9.92. The second-order valence-corrected chi connectivity index (χ2v) is 4.39. The Morgan fingerprint density at radius 2 is 2.11 bits per heavy atom. The van der Waals surface area contributed by atoms with Gasteiger partial charge in [-0.25, -0.2) is 4.79 Å². The van der Waals surface area contributed by atoms with Crippen molar-refractivity contribution in [1.82, 2.24) is 4.98 Å². The normalized spacial score (nSPS) is 16.7. The van der Waals surface area contributed by atoms with Crippen LogP contribution in [0.15, 0.2) is 36.5 Å². The lowest BCUT2D eigenvalue weighted by molar-refractivity contribution is 0.0691. The van der Waals surface area contributed by atoms with Gasteiger partial charge < -0.3 is 14.8 Å². The molecule has 1 aromatic carbocycles. The number of hydrogen-bond donors (Lipinski definition) is 2. The summed E-state index contributed by atoms with van der Waals surface area (Å²) in [5, 5.41) is 8.81. The van der Waals surface area contributed by atoms with Crippen molar-refractivity contribution in [3.05, 3.63) is 53.3 Å². The van der Waals surface area contributed by atoms with Crippen LogP contribution >= 0.6 is 0 Å². The first-order chi connectivity index (χ1) is 9.15. The van der Waals surface area contributed by atoms with Crippen LogP contribution in [-0.4, -0.2) is 27.9 Å². The maximum Gasteiger partial charge on any atom is 0.352 e. The van der Waals surface area contributed by atoms with E-state index in [1.54, 1.807) is 0 Å². The van der Waals surface area contributed by atoms with E-state index in [9.17, 15) is 9.59 Å². The molecule has 0 amide bonds. The lowest BCUT2D eigenvalue weighted by atomic mass is 10.0. The molecule has 1 aliphatic heterocycles.